The maximum absolute atomic E-state index is 13.1. The van der Waals surface area contributed by atoms with Crippen molar-refractivity contribution in [3.05, 3.63) is 93.9 Å². The predicted molar refractivity (Wildman–Crippen MR) is 116 cm³/mol. The first kappa shape index (κ1) is 20.0. The molecular formula is C23H21FN4OS. The van der Waals surface area contributed by atoms with Crippen molar-refractivity contribution in [3.8, 4) is 10.7 Å². The maximum atomic E-state index is 13.1. The predicted octanol–water partition coefficient (Wildman–Crippen LogP) is 4.70. The quantitative estimate of drug-likeness (QED) is 0.455. The van der Waals surface area contributed by atoms with Gasteiger partial charge in [-0.3, -0.25) is 9.89 Å². The summed E-state index contributed by atoms with van der Waals surface area (Å²) in [5.74, 6) is -0.373. The molecule has 0 aliphatic carbocycles. The van der Waals surface area contributed by atoms with Crippen molar-refractivity contribution in [2.75, 3.05) is 0 Å². The van der Waals surface area contributed by atoms with Gasteiger partial charge in [0.2, 0.25) is 0 Å². The van der Waals surface area contributed by atoms with Crippen molar-refractivity contribution >= 4 is 17.2 Å². The van der Waals surface area contributed by atoms with E-state index in [4.69, 9.17) is 0 Å². The number of halogens is 1. The van der Waals surface area contributed by atoms with Crippen molar-refractivity contribution in [2.45, 2.75) is 26.3 Å². The van der Waals surface area contributed by atoms with Crippen LogP contribution in [0.5, 0.6) is 0 Å². The minimum atomic E-state index is -0.237. The van der Waals surface area contributed by atoms with Gasteiger partial charge in [-0.25, -0.2) is 9.37 Å². The van der Waals surface area contributed by atoms with Crippen molar-refractivity contribution in [1.29, 1.82) is 0 Å². The number of aromatic amines is 1. The number of aromatic nitrogens is 3. The van der Waals surface area contributed by atoms with Crippen LogP contribution in [0.25, 0.3) is 10.7 Å². The third-order valence-corrected chi connectivity index (χ3v) is 5.98. The van der Waals surface area contributed by atoms with Gasteiger partial charge in [0.15, 0.2) is 0 Å². The molecule has 30 heavy (non-hydrogen) atoms. The van der Waals surface area contributed by atoms with Crippen LogP contribution < -0.4 is 5.32 Å². The molecule has 5 nitrogen and oxygen atoms in total. The Labute approximate surface area is 178 Å². The van der Waals surface area contributed by atoms with Gasteiger partial charge in [0.1, 0.15) is 21.4 Å². The van der Waals surface area contributed by atoms with Gasteiger partial charge in [-0.1, -0.05) is 42.5 Å². The van der Waals surface area contributed by atoms with E-state index in [0.717, 1.165) is 35.2 Å². The van der Waals surface area contributed by atoms with Crippen LogP contribution in [0.4, 0.5) is 4.39 Å². The van der Waals surface area contributed by atoms with Crippen molar-refractivity contribution in [1.82, 2.24) is 20.5 Å². The largest absolute Gasteiger partial charge is 0.347 e. The van der Waals surface area contributed by atoms with Crippen LogP contribution in [0, 0.1) is 12.7 Å². The molecular weight excluding hydrogens is 399 g/mol. The van der Waals surface area contributed by atoms with Crippen LogP contribution in [0.3, 0.4) is 0 Å². The summed E-state index contributed by atoms with van der Waals surface area (Å²) >= 11 is 1.34. The number of hydrogen-bond acceptors (Lipinski definition) is 4. The summed E-state index contributed by atoms with van der Waals surface area (Å²) in [7, 11) is 0. The summed E-state index contributed by atoms with van der Waals surface area (Å²) in [5, 5.41) is 10.9. The Hall–Kier alpha value is -3.32. The fourth-order valence-electron chi connectivity index (χ4n) is 3.19. The van der Waals surface area contributed by atoms with Crippen molar-refractivity contribution in [3.63, 3.8) is 0 Å². The Balaban J connectivity index is 1.46. The molecule has 0 unspecified atom stereocenters. The highest BCUT2D eigenvalue weighted by Gasteiger charge is 2.19. The molecule has 2 heterocycles. The minimum Gasteiger partial charge on any atom is -0.347 e. The zero-order valence-corrected chi connectivity index (χ0v) is 17.3. The van der Waals surface area contributed by atoms with E-state index in [1.165, 1.54) is 23.5 Å². The van der Waals surface area contributed by atoms with E-state index >= 15 is 0 Å². The molecule has 0 aliphatic heterocycles. The van der Waals surface area contributed by atoms with Gasteiger partial charge in [-0.15, -0.1) is 11.3 Å². The van der Waals surface area contributed by atoms with Gasteiger partial charge in [0, 0.05) is 18.3 Å². The van der Waals surface area contributed by atoms with Crippen LogP contribution in [0.2, 0.25) is 0 Å². The second-order valence-corrected chi connectivity index (χ2v) is 7.99. The summed E-state index contributed by atoms with van der Waals surface area (Å²) in [6, 6.07) is 16.3. The molecule has 152 valence electrons. The summed E-state index contributed by atoms with van der Waals surface area (Å²) in [4.78, 5) is 17.8. The lowest BCUT2D eigenvalue weighted by Crippen LogP contribution is -2.22. The van der Waals surface area contributed by atoms with Crippen molar-refractivity contribution < 1.29 is 9.18 Å². The van der Waals surface area contributed by atoms with E-state index in [1.807, 2.05) is 43.5 Å². The van der Waals surface area contributed by atoms with Gasteiger partial charge < -0.3 is 5.32 Å². The molecule has 2 aromatic carbocycles. The molecule has 1 amide bonds. The normalized spacial score (nSPS) is 10.9. The number of aryl methyl sites for hydroxylation is 3. The SMILES string of the molecule is Cc1nc(-c2n[nH]cc2CCc2ccc(F)cc2)sc1C(=O)NCc1ccccc1. The Bertz CT molecular complexity index is 1140. The lowest BCUT2D eigenvalue weighted by atomic mass is 10.1. The van der Waals surface area contributed by atoms with Gasteiger partial charge in [-0.05, 0) is 43.0 Å². The van der Waals surface area contributed by atoms with E-state index in [1.54, 1.807) is 12.1 Å². The lowest BCUT2D eigenvalue weighted by molar-refractivity contribution is 0.0954. The van der Waals surface area contributed by atoms with Gasteiger partial charge in [0.25, 0.3) is 5.91 Å². The number of nitrogens with zero attached hydrogens (tertiary/aromatic N) is 2. The standard InChI is InChI=1S/C23H21FN4OS/c1-15-21(22(29)25-13-17-5-3-2-4-6-17)30-23(27-15)20-18(14-26-28-20)10-7-16-8-11-19(24)12-9-16/h2-6,8-9,11-12,14H,7,10,13H2,1H3,(H,25,29)(H,26,28). The minimum absolute atomic E-state index is 0.136. The van der Waals surface area contributed by atoms with Crippen molar-refractivity contribution in [2.24, 2.45) is 0 Å². The molecule has 0 radical (unpaired) electrons. The molecule has 7 heteroatoms. The first-order valence-electron chi connectivity index (χ1n) is 9.67. The Kier molecular flexibility index (Phi) is 5.99. The Morgan fingerprint density at radius 1 is 1.07 bits per heavy atom. The first-order valence-corrected chi connectivity index (χ1v) is 10.5. The first-order chi connectivity index (χ1) is 14.6. The number of carbonyl (C=O) groups is 1. The topological polar surface area (TPSA) is 70.7 Å². The average Bonchev–Trinajstić information content (AvgIpc) is 3.38. The Morgan fingerprint density at radius 3 is 2.60 bits per heavy atom. The molecule has 0 fully saturated rings. The summed E-state index contributed by atoms with van der Waals surface area (Å²) in [6.45, 7) is 2.31. The highest BCUT2D eigenvalue weighted by Crippen LogP contribution is 2.29. The van der Waals surface area contributed by atoms with Crippen LogP contribution >= 0.6 is 11.3 Å². The van der Waals surface area contributed by atoms with E-state index < -0.39 is 0 Å². The highest BCUT2D eigenvalue weighted by atomic mass is 32.1. The third kappa shape index (κ3) is 4.63. The number of rotatable bonds is 7. The van der Waals surface area contributed by atoms with Crippen LogP contribution in [0.15, 0.2) is 60.8 Å². The van der Waals surface area contributed by atoms with Gasteiger partial charge >= 0.3 is 0 Å². The molecule has 4 aromatic rings. The maximum Gasteiger partial charge on any atom is 0.263 e. The van der Waals surface area contributed by atoms with Crippen LogP contribution in [-0.4, -0.2) is 21.1 Å². The lowest BCUT2D eigenvalue weighted by Gasteiger charge is -2.03. The number of nitrogens with one attached hydrogen (secondary N) is 2. The number of H-pyrrole nitrogens is 1. The number of thiazole rings is 1. The molecule has 0 bridgehead atoms. The van der Waals surface area contributed by atoms with Gasteiger partial charge in [-0.2, -0.15) is 5.10 Å². The summed E-state index contributed by atoms with van der Waals surface area (Å²) in [5.41, 5.74) is 4.56. The number of hydrogen-bond donors (Lipinski definition) is 2. The molecule has 0 spiro atoms. The monoisotopic (exact) mass is 420 g/mol. The molecule has 2 aromatic heterocycles. The number of amides is 1. The average molecular weight is 421 g/mol. The molecule has 0 saturated heterocycles. The molecule has 4 rings (SSSR count). The Morgan fingerprint density at radius 2 is 1.83 bits per heavy atom. The van der Waals surface area contributed by atoms with Gasteiger partial charge in [0.05, 0.1) is 5.69 Å². The van der Waals surface area contributed by atoms with E-state index in [9.17, 15) is 9.18 Å². The highest BCUT2D eigenvalue weighted by molar-refractivity contribution is 7.17. The zero-order valence-electron chi connectivity index (χ0n) is 16.5. The van der Waals surface area contributed by atoms with E-state index in [2.05, 4.69) is 20.5 Å². The smallest absolute Gasteiger partial charge is 0.263 e. The number of carbonyl (C=O) groups excluding carboxylic acids is 1. The van der Waals surface area contributed by atoms with E-state index in [0.29, 0.717) is 22.1 Å². The third-order valence-electron chi connectivity index (χ3n) is 4.82. The zero-order chi connectivity index (χ0) is 20.9. The second-order valence-electron chi connectivity index (χ2n) is 6.99. The van der Waals surface area contributed by atoms with E-state index in [-0.39, 0.29) is 11.7 Å². The molecule has 0 atom stereocenters. The fraction of sp³-hybridized carbons (Fsp3) is 0.174. The summed E-state index contributed by atoms with van der Waals surface area (Å²) in [6.07, 6.45) is 3.36. The summed E-state index contributed by atoms with van der Waals surface area (Å²) < 4.78 is 13.1. The van der Waals surface area contributed by atoms with Crippen LogP contribution in [-0.2, 0) is 19.4 Å². The fourth-order valence-corrected chi connectivity index (χ4v) is 4.20. The molecule has 0 saturated carbocycles. The number of benzene rings is 2. The molecule has 2 N–H and O–H groups in total. The second kappa shape index (κ2) is 9.00. The molecule has 0 aliphatic rings. The van der Waals surface area contributed by atoms with Crippen LogP contribution in [0.1, 0.15) is 32.1 Å².